The number of hydrogen-bond donors (Lipinski definition) is 0. The van der Waals surface area contributed by atoms with Crippen LogP contribution in [0.4, 0.5) is 8.78 Å². The van der Waals surface area contributed by atoms with Gasteiger partial charge >= 0.3 is 0 Å². The lowest BCUT2D eigenvalue weighted by Gasteiger charge is -2.15. The molecule has 0 radical (unpaired) electrons. The minimum absolute atomic E-state index is 0.420. The van der Waals surface area contributed by atoms with Crippen LogP contribution < -0.4 is 0 Å². The van der Waals surface area contributed by atoms with E-state index in [0.29, 0.717) is 17.0 Å². The van der Waals surface area contributed by atoms with Crippen molar-refractivity contribution in [3.63, 3.8) is 0 Å². The van der Waals surface area contributed by atoms with Crippen LogP contribution in [-0.2, 0) is 6.54 Å². The van der Waals surface area contributed by atoms with E-state index >= 15 is 0 Å². The van der Waals surface area contributed by atoms with Gasteiger partial charge < -0.3 is 0 Å². The summed E-state index contributed by atoms with van der Waals surface area (Å²) in [5.74, 6) is -1.21. The molecule has 5 heteroatoms. The molecule has 0 amide bonds. The van der Waals surface area contributed by atoms with Crippen molar-refractivity contribution in [3.8, 4) is 0 Å². The molecule has 0 spiro atoms. The van der Waals surface area contributed by atoms with E-state index in [-0.39, 0.29) is 0 Å². The molecule has 1 atom stereocenters. The summed E-state index contributed by atoms with van der Waals surface area (Å²) in [6.07, 6.45) is 9.71. The standard InChI is InChI=1S/C18H27F2N3/c1-3-5-7-8-10-14(9-6-4-2)13-23-21-17-11-15(19)16(20)12-18(17)22-23/h11-12,14H,3-10,13H2,1-2H3. The summed E-state index contributed by atoms with van der Waals surface area (Å²) in [5, 5.41) is 8.61. The molecular formula is C18H27F2N3. The quantitative estimate of drug-likeness (QED) is 0.542. The third kappa shape index (κ3) is 5.26. The average molecular weight is 323 g/mol. The SMILES string of the molecule is CCCCCCC(CCCC)Cn1nc2cc(F)c(F)cc2n1. The molecule has 3 nitrogen and oxygen atoms in total. The van der Waals surface area contributed by atoms with Gasteiger partial charge in [0, 0.05) is 12.1 Å². The molecule has 1 heterocycles. The lowest BCUT2D eigenvalue weighted by molar-refractivity contribution is 0.330. The Hall–Kier alpha value is -1.52. The Kier molecular flexibility index (Phi) is 6.93. The van der Waals surface area contributed by atoms with E-state index in [1.807, 2.05) is 0 Å². The Morgan fingerprint density at radius 3 is 2.00 bits per heavy atom. The Morgan fingerprint density at radius 1 is 0.870 bits per heavy atom. The maximum absolute atomic E-state index is 13.3. The maximum atomic E-state index is 13.3. The van der Waals surface area contributed by atoms with Gasteiger partial charge in [-0.2, -0.15) is 15.0 Å². The molecule has 1 aromatic heterocycles. The van der Waals surface area contributed by atoms with Crippen LogP contribution in [0.3, 0.4) is 0 Å². The van der Waals surface area contributed by atoms with Crippen molar-refractivity contribution in [2.45, 2.75) is 71.8 Å². The first-order chi connectivity index (χ1) is 11.1. The van der Waals surface area contributed by atoms with Crippen molar-refractivity contribution in [2.24, 2.45) is 5.92 Å². The number of unbranched alkanes of at least 4 members (excludes halogenated alkanes) is 4. The fourth-order valence-corrected chi connectivity index (χ4v) is 2.95. The first-order valence-electron chi connectivity index (χ1n) is 8.84. The third-order valence-electron chi connectivity index (χ3n) is 4.32. The molecule has 0 aliphatic heterocycles. The summed E-state index contributed by atoms with van der Waals surface area (Å²) in [4.78, 5) is 1.61. The topological polar surface area (TPSA) is 30.7 Å². The van der Waals surface area contributed by atoms with Crippen molar-refractivity contribution < 1.29 is 8.78 Å². The van der Waals surface area contributed by atoms with Crippen molar-refractivity contribution in [1.82, 2.24) is 15.0 Å². The molecule has 0 aliphatic carbocycles. The fraction of sp³-hybridized carbons (Fsp3) is 0.667. The molecular weight excluding hydrogens is 296 g/mol. The van der Waals surface area contributed by atoms with Crippen LogP contribution in [0, 0.1) is 17.6 Å². The van der Waals surface area contributed by atoms with Gasteiger partial charge in [-0.05, 0) is 18.8 Å². The van der Waals surface area contributed by atoms with Gasteiger partial charge in [-0.3, -0.25) is 0 Å². The number of fused-ring (bicyclic) bond motifs is 1. The van der Waals surface area contributed by atoms with Gasteiger partial charge in [0.05, 0.1) is 6.54 Å². The fourth-order valence-electron chi connectivity index (χ4n) is 2.95. The predicted molar refractivity (Wildman–Crippen MR) is 89.2 cm³/mol. The number of aromatic nitrogens is 3. The second kappa shape index (κ2) is 8.94. The lowest BCUT2D eigenvalue weighted by Crippen LogP contribution is -2.13. The number of hydrogen-bond acceptors (Lipinski definition) is 2. The highest BCUT2D eigenvalue weighted by Crippen LogP contribution is 2.20. The molecule has 1 aromatic carbocycles. The molecule has 2 rings (SSSR count). The van der Waals surface area contributed by atoms with Crippen LogP contribution in [-0.4, -0.2) is 15.0 Å². The van der Waals surface area contributed by atoms with Gasteiger partial charge in [0.1, 0.15) is 11.0 Å². The molecule has 0 fully saturated rings. The van der Waals surface area contributed by atoms with Crippen LogP contribution in [0.2, 0.25) is 0 Å². The van der Waals surface area contributed by atoms with Crippen molar-refractivity contribution >= 4 is 11.0 Å². The largest absolute Gasteiger partial charge is 0.204 e. The summed E-state index contributed by atoms with van der Waals surface area (Å²) >= 11 is 0. The lowest BCUT2D eigenvalue weighted by atomic mass is 9.95. The van der Waals surface area contributed by atoms with Crippen LogP contribution in [0.25, 0.3) is 11.0 Å². The molecule has 2 aromatic rings. The zero-order chi connectivity index (χ0) is 16.7. The highest BCUT2D eigenvalue weighted by molar-refractivity contribution is 5.73. The second-order valence-electron chi connectivity index (χ2n) is 6.37. The van der Waals surface area contributed by atoms with Gasteiger partial charge in [-0.15, -0.1) is 0 Å². The number of rotatable bonds is 10. The van der Waals surface area contributed by atoms with Crippen molar-refractivity contribution in [2.75, 3.05) is 0 Å². The number of nitrogens with zero attached hydrogens (tertiary/aromatic N) is 3. The van der Waals surface area contributed by atoms with E-state index in [9.17, 15) is 8.78 Å². The van der Waals surface area contributed by atoms with E-state index in [4.69, 9.17) is 0 Å². The molecule has 23 heavy (non-hydrogen) atoms. The highest BCUT2D eigenvalue weighted by atomic mass is 19.2. The molecule has 0 N–H and O–H groups in total. The van der Waals surface area contributed by atoms with E-state index < -0.39 is 11.6 Å². The van der Waals surface area contributed by atoms with E-state index in [0.717, 1.165) is 25.1 Å². The van der Waals surface area contributed by atoms with Gasteiger partial charge in [0.25, 0.3) is 0 Å². The van der Waals surface area contributed by atoms with E-state index in [1.165, 1.54) is 44.9 Å². The average Bonchev–Trinajstić information content (AvgIpc) is 2.90. The second-order valence-corrected chi connectivity index (χ2v) is 6.37. The van der Waals surface area contributed by atoms with Gasteiger partial charge in [-0.1, -0.05) is 52.4 Å². The summed E-state index contributed by atoms with van der Waals surface area (Å²) in [7, 11) is 0. The molecule has 128 valence electrons. The van der Waals surface area contributed by atoms with E-state index in [1.54, 1.807) is 4.80 Å². The van der Waals surface area contributed by atoms with E-state index in [2.05, 4.69) is 24.0 Å². The van der Waals surface area contributed by atoms with Crippen molar-refractivity contribution in [3.05, 3.63) is 23.8 Å². The number of halogens is 2. The first kappa shape index (κ1) is 17.8. The normalized spacial score (nSPS) is 12.9. The summed E-state index contributed by atoms with van der Waals surface area (Å²) in [5.41, 5.74) is 0.841. The highest BCUT2D eigenvalue weighted by Gasteiger charge is 2.13. The minimum Gasteiger partial charge on any atom is -0.204 e. The first-order valence-corrected chi connectivity index (χ1v) is 8.84. The zero-order valence-electron chi connectivity index (χ0n) is 14.2. The summed E-state index contributed by atoms with van der Waals surface area (Å²) < 4.78 is 26.5. The Bertz CT molecular complexity index is 571. The molecule has 0 aliphatic rings. The minimum atomic E-state index is -0.869. The van der Waals surface area contributed by atoms with Crippen LogP contribution in [0.5, 0.6) is 0 Å². The molecule has 1 unspecified atom stereocenters. The zero-order valence-corrected chi connectivity index (χ0v) is 14.2. The van der Waals surface area contributed by atoms with Crippen LogP contribution in [0.1, 0.15) is 65.2 Å². The van der Waals surface area contributed by atoms with Gasteiger partial charge in [0.2, 0.25) is 0 Å². The van der Waals surface area contributed by atoms with Crippen molar-refractivity contribution in [1.29, 1.82) is 0 Å². The number of benzene rings is 1. The van der Waals surface area contributed by atoms with Gasteiger partial charge in [0.15, 0.2) is 11.6 Å². The third-order valence-corrected chi connectivity index (χ3v) is 4.32. The smallest absolute Gasteiger partial charge is 0.161 e. The van der Waals surface area contributed by atoms with Crippen LogP contribution in [0.15, 0.2) is 12.1 Å². The Labute approximate surface area is 137 Å². The van der Waals surface area contributed by atoms with Gasteiger partial charge in [-0.25, -0.2) is 8.78 Å². The molecule has 0 saturated carbocycles. The summed E-state index contributed by atoms with van der Waals surface area (Å²) in [6.45, 7) is 5.14. The maximum Gasteiger partial charge on any atom is 0.161 e. The Balaban J connectivity index is 2.02. The molecule has 0 bridgehead atoms. The predicted octanol–water partition coefficient (Wildman–Crippen LogP) is 5.49. The molecule has 0 saturated heterocycles. The van der Waals surface area contributed by atoms with Crippen LogP contribution >= 0.6 is 0 Å². The Morgan fingerprint density at radius 2 is 1.43 bits per heavy atom. The summed E-state index contributed by atoms with van der Waals surface area (Å²) in [6, 6.07) is 2.24. The monoisotopic (exact) mass is 323 g/mol.